The molecule has 80 valence electrons. The van der Waals surface area contributed by atoms with E-state index >= 15 is 0 Å². The average Bonchev–Trinajstić information content (AvgIpc) is 1.98. The Morgan fingerprint density at radius 3 is 1.77 bits per heavy atom. The molecule has 2 atom stereocenters. The number of halogens is 2. The van der Waals surface area contributed by atoms with E-state index in [1.165, 1.54) is 0 Å². The van der Waals surface area contributed by atoms with Crippen molar-refractivity contribution in [2.75, 3.05) is 13.2 Å². The molecule has 13 heavy (non-hydrogen) atoms. The molecule has 4 nitrogen and oxygen atoms in total. The minimum absolute atomic E-state index is 0.0259. The van der Waals surface area contributed by atoms with Crippen LogP contribution in [-0.2, 0) is 13.6 Å². The minimum Gasteiger partial charge on any atom is -0.302 e. The summed E-state index contributed by atoms with van der Waals surface area (Å²) in [7, 11) is -3.86. The molecule has 0 aromatic carbocycles. The Hall–Kier alpha value is 1.07. The maximum atomic E-state index is 11.1. The molecule has 2 unspecified atom stereocenters. The summed E-state index contributed by atoms with van der Waals surface area (Å²) in [6.07, 6.45) is 0. The summed E-state index contributed by atoms with van der Waals surface area (Å²) in [5.41, 5.74) is 0. The molecule has 0 rings (SSSR count). The van der Waals surface area contributed by atoms with Gasteiger partial charge >= 0.3 is 7.82 Å². The maximum absolute atomic E-state index is 11.1. The molecule has 0 radical (unpaired) electrons. The van der Waals surface area contributed by atoms with E-state index in [2.05, 4.69) is 40.9 Å². The highest BCUT2D eigenvalue weighted by molar-refractivity contribution is 9.09. The zero-order valence-corrected chi connectivity index (χ0v) is 11.5. The highest BCUT2D eigenvalue weighted by atomic mass is 79.9. The summed E-state index contributed by atoms with van der Waals surface area (Å²) < 4.78 is 20.4. The molecular weight excluding hydrogens is 327 g/mol. The molecule has 0 heterocycles. The number of hydrogen-bond donors (Lipinski definition) is 1. The molecule has 0 amide bonds. The smallest absolute Gasteiger partial charge is 0.302 e. The second kappa shape index (κ2) is 6.53. The van der Waals surface area contributed by atoms with E-state index in [1.807, 2.05) is 13.8 Å². The number of phosphoric ester groups is 1. The molecule has 0 aliphatic rings. The highest BCUT2D eigenvalue weighted by Gasteiger charge is 2.22. The SMILES string of the molecule is CC(Br)COP(=O)(O)OCC(C)Br. The summed E-state index contributed by atoms with van der Waals surface area (Å²) in [6, 6.07) is 0. The topological polar surface area (TPSA) is 55.8 Å². The van der Waals surface area contributed by atoms with Crippen molar-refractivity contribution < 1.29 is 18.5 Å². The van der Waals surface area contributed by atoms with E-state index in [9.17, 15) is 4.57 Å². The van der Waals surface area contributed by atoms with Gasteiger partial charge in [0.25, 0.3) is 0 Å². The number of phosphoric acid groups is 1. The molecule has 0 saturated carbocycles. The molecule has 0 aliphatic carbocycles. The van der Waals surface area contributed by atoms with Crippen LogP contribution < -0.4 is 0 Å². The summed E-state index contributed by atoms with van der Waals surface area (Å²) >= 11 is 6.37. The second-order valence-electron chi connectivity index (χ2n) is 2.62. The first kappa shape index (κ1) is 14.1. The molecular formula is C6H13Br2O4P. The van der Waals surface area contributed by atoms with Crippen LogP contribution in [0.1, 0.15) is 13.8 Å². The molecule has 0 aromatic heterocycles. The molecule has 0 saturated heterocycles. The third-order valence-electron chi connectivity index (χ3n) is 0.935. The fourth-order valence-electron chi connectivity index (χ4n) is 0.431. The second-order valence-corrected chi connectivity index (χ2v) is 7.20. The van der Waals surface area contributed by atoms with E-state index in [0.29, 0.717) is 0 Å². The normalized spacial score (nSPS) is 20.7. The number of alkyl halides is 2. The summed E-state index contributed by atoms with van der Waals surface area (Å²) in [5.74, 6) is 0. The summed E-state index contributed by atoms with van der Waals surface area (Å²) in [6.45, 7) is 3.91. The van der Waals surface area contributed by atoms with Gasteiger partial charge in [0.05, 0.1) is 13.2 Å². The number of rotatable bonds is 6. The van der Waals surface area contributed by atoms with Gasteiger partial charge in [-0.25, -0.2) is 4.57 Å². The van der Waals surface area contributed by atoms with Gasteiger partial charge in [0, 0.05) is 9.65 Å². The largest absolute Gasteiger partial charge is 0.472 e. The van der Waals surface area contributed by atoms with Crippen molar-refractivity contribution in [2.24, 2.45) is 0 Å². The lowest BCUT2D eigenvalue weighted by molar-refractivity contribution is 0.153. The Morgan fingerprint density at radius 2 is 1.54 bits per heavy atom. The average molecular weight is 340 g/mol. The van der Waals surface area contributed by atoms with Gasteiger partial charge in [0.2, 0.25) is 0 Å². The van der Waals surface area contributed by atoms with Crippen LogP contribution in [0.2, 0.25) is 0 Å². The van der Waals surface area contributed by atoms with Crippen molar-refractivity contribution in [2.45, 2.75) is 23.5 Å². The Kier molecular flexibility index (Phi) is 7.07. The number of hydrogen-bond acceptors (Lipinski definition) is 3. The van der Waals surface area contributed by atoms with Gasteiger partial charge in [-0.1, -0.05) is 45.7 Å². The van der Waals surface area contributed by atoms with Crippen LogP contribution in [0, 0.1) is 0 Å². The predicted octanol–water partition coefficient (Wildman–Crippen LogP) is 2.69. The molecule has 1 N–H and O–H groups in total. The van der Waals surface area contributed by atoms with Crippen molar-refractivity contribution in [3.63, 3.8) is 0 Å². The zero-order chi connectivity index (χ0) is 10.5. The van der Waals surface area contributed by atoms with E-state index in [1.54, 1.807) is 0 Å². The van der Waals surface area contributed by atoms with Gasteiger partial charge in [0.15, 0.2) is 0 Å². The molecule has 0 bridgehead atoms. The minimum atomic E-state index is -3.86. The van der Waals surface area contributed by atoms with Crippen molar-refractivity contribution in [3.8, 4) is 0 Å². The lowest BCUT2D eigenvalue weighted by Crippen LogP contribution is -2.07. The van der Waals surface area contributed by atoms with Crippen LogP contribution in [-0.4, -0.2) is 27.8 Å². The van der Waals surface area contributed by atoms with Crippen molar-refractivity contribution in [1.82, 2.24) is 0 Å². The third-order valence-corrected chi connectivity index (χ3v) is 2.41. The Bertz CT molecular complexity index is 169. The summed E-state index contributed by atoms with van der Waals surface area (Å²) in [4.78, 5) is 9.13. The van der Waals surface area contributed by atoms with Crippen LogP contribution in [0.5, 0.6) is 0 Å². The van der Waals surface area contributed by atoms with Crippen molar-refractivity contribution in [1.29, 1.82) is 0 Å². The zero-order valence-electron chi connectivity index (χ0n) is 7.44. The van der Waals surface area contributed by atoms with E-state index in [-0.39, 0.29) is 22.9 Å². The van der Waals surface area contributed by atoms with Crippen LogP contribution in [0.15, 0.2) is 0 Å². The molecule has 0 fully saturated rings. The molecule has 0 aromatic rings. The van der Waals surface area contributed by atoms with Crippen molar-refractivity contribution >= 4 is 39.7 Å². The molecule has 0 spiro atoms. The monoisotopic (exact) mass is 338 g/mol. The van der Waals surface area contributed by atoms with Crippen LogP contribution in [0.3, 0.4) is 0 Å². The lowest BCUT2D eigenvalue weighted by Gasteiger charge is -2.13. The Labute approximate surface area is 94.9 Å². The first-order chi connectivity index (χ1) is 5.83. The fraction of sp³-hybridized carbons (Fsp3) is 1.00. The highest BCUT2D eigenvalue weighted by Crippen LogP contribution is 2.43. The Morgan fingerprint density at radius 1 is 1.23 bits per heavy atom. The van der Waals surface area contributed by atoms with Gasteiger partial charge in [-0.3, -0.25) is 9.05 Å². The van der Waals surface area contributed by atoms with Crippen LogP contribution >= 0.6 is 39.7 Å². The lowest BCUT2D eigenvalue weighted by atomic mass is 10.5. The van der Waals surface area contributed by atoms with Gasteiger partial charge in [-0.15, -0.1) is 0 Å². The van der Waals surface area contributed by atoms with E-state index < -0.39 is 7.82 Å². The van der Waals surface area contributed by atoms with Gasteiger partial charge in [0.1, 0.15) is 0 Å². The van der Waals surface area contributed by atoms with Gasteiger partial charge < -0.3 is 4.89 Å². The Balaban J connectivity index is 3.74. The van der Waals surface area contributed by atoms with Gasteiger partial charge in [-0.2, -0.15) is 0 Å². The summed E-state index contributed by atoms with van der Waals surface area (Å²) in [5, 5.41) is 0. The van der Waals surface area contributed by atoms with E-state index in [4.69, 9.17) is 4.89 Å². The molecule has 7 heteroatoms. The third kappa shape index (κ3) is 9.38. The van der Waals surface area contributed by atoms with Gasteiger partial charge in [-0.05, 0) is 0 Å². The van der Waals surface area contributed by atoms with Crippen molar-refractivity contribution in [3.05, 3.63) is 0 Å². The quantitative estimate of drug-likeness (QED) is 0.597. The molecule has 0 aliphatic heterocycles. The van der Waals surface area contributed by atoms with E-state index in [0.717, 1.165) is 0 Å². The fourth-order valence-corrected chi connectivity index (χ4v) is 2.00. The maximum Gasteiger partial charge on any atom is 0.472 e. The standard InChI is InChI=1S/C6H13Br2O4P/c1-5(7)3-11-13(9,10)12-4-6(2)8/h5-6H,3-4H2,1-2H3,(H,9,10). The first-order valence-electron chi connectivity index (χ1n) is 3.73. The van der Waals surface area contributed by atoms with Crippen LogP contribution in [0.4, 0.5) is 0 Å². The predicted molar refractivity (Wildman–Crippen MR) is 58.5 cm³/mol. The first-order valence-corrected chi connectivity index (χ1v) is 7.06. The van der Waals surface area contributed by atoms with Crippen LogP contribution in [0.25, 0.3) is 0 Å².